The van der Waals surface area contributed by atoms with Gasteiger partial charge in [-0.05, 0) is 30.2 Å². The Balaban J connectivity index is 2.28. The Morgan fingerprint density at radius 1 is 1.29 bits per heavy atom. The minimum absolute atomic E-state index is 0.768. The highest BCUT2D eigenvalue weighted by Gasteiger charge is 1.99. The second kappa shape index (κ2) is 3.49. The van der Waals surface area contributed by atoms with E-state index in [0.29, 0.717) is 0 Å². The molecule has 0 aliphatic carbocycles. The molecule has 4 nitrogen and oxygen atoms in total. The molecular weight excluding hydrogens is 176 g/mol. The second-order valence-electron chi connectivity index (χ2n) is 3.32. The Morgan fingerprint density at radius 3 is 2.71 bits per heavy atom. The summed E-state index contributed by atoms with van der Waals surface area (Å²) in [6.45, 7) is 2.84. The molecule has 0 amide bonds. The van der Waals surface area contributed by atoms with Crippen molar-refractivity contribution in [1.29, 1.82) is 0 Å². The van der Waals surface area contributed by atoms with Crippen molar-refractivity contribution in [3.8, 4) is 0 Å². The molecule has 0 aliphatic rings. The summed E-state index contributed by atoms with van der Waals surface area (Å²) >= 11 is 0. The third-order valence-electron chi connectivity index (χ3n) is 2.19. The van der Waals surface area contributed by atoms with Crippen molar-refractivity contribution in [3.05, 3.63) is 42.0 Å². The third-order valence-corrected chi connectivity index (χ3v) is 2.19. The van der Waals surface area contributed by atoms with Crippen molar-refractivity contribution in [2.45, 2.75) is 13.5 Å². The van der Waals surface area contributed by atoms with Crippen molar-refractivity contribution in [2.24, 2.45) is 0 Å². The maximum Gasteiger partial charge on any atom is 0.119 e. The number of rotatable bonds is 2. The van der Waals surface area contributed by atoms with E-state index in [-0.39, 0.29) is 0 Å². The van der Waals surface area contributed by atoms with Gasteiger partial charge in [-0.25, -0.2) is 0 Å². The average Bonchev–Trinajstić information content (AvgIpc) is 2.64. The van der Waals surface area contributed by atoms with Crippen LogP contribution < -0.4 is 5.73 Å². The van der Waals surface area contributed by atoms with E-state index in [0.717, 1.165) is 12.2 Å². The fourth-order valence-corrected chi connectivity index (χ4v) is 1.36. The molecule has 0 bridgehead atoms. The SMILES string of the molecule is Cc1ccc(N)cc1Cn1cnnc1. The average molecular weight is 188 g/mol. The summed E-state index contributed by atoms with van der Waals surface area (Å²) in [5, 5.41) is 7.50. The summed E-state index contributed by atoms with van der Waals surface area (Å²) in [7, 11) is 0. The molecule has 4 heteroatoms. The molecule has 2 rings (SSSR count). The molecule has 2 aromatic rings. The number of nitrogens with zero attached hydrogens (tertiary/aromatic N) is 3. The standard InChI is InChI=1S/C10H12N4/c1-8-2-3-10(11)4-9(8)5-14-6-12-13-7-14/h2-4,6-7H,5,11H2,1H3. The molecule has 0 saturated carbocycles. The van der Waals surface area contributed by atoms with Gasteiger partial charge in [0.05, 0.1) is 6.54 Å². The van der Waals surface area contributed by atoms with Gasteiger partial charge in [-0.2, -0.15) is 0 Å². The molecule has 0 saturated heterocycles. The van der Waals surface area contributed by atoms with Crippen LogP contribution in [0.15, 0.2) is 30.9 Å². The topological polar surface area (TPSA) is 56.7 Å². The predicted octanol–water partition coefficient (Wildman–Crippen LogP) is 1.22. The fraction of sp³-hybridized carbons (Fsp3) is 0.200. The van der Waals surface area contributed by atoms with Crippen LogP contribution in [-0.2, 0) is 6.54 Å². The highest BCUT2D eigenvalue weighted by Crippen LogP contribution is 2.13. The normalized spacial score (nSPS) is 10.4. The fourth-order valence-electron chi connectivity index (χ4n) is 1.36. The van der Waals surface area contributed by atoms with Crippen molar-refractivity contribution >= 4 is 5.69 Å². The summed E-state index contributed by atoms with van der Waals surface area (Å²) in [4.78, 5) is 0. The van der Waals surface area contributed by atoms with Crippen molar-refractivity contribution in [2.75, 3.05) is 5.73 Å². The number of anilines is 1. The van der Waals surface area contributed by atoms with Crippen LogP contribution in [0.5, 0.6) is 0 Å². The molecule has 0 fully saturated rings. The van der Waals surface area contributed by atoms with Crippen molar-refractivity contribution in [3.63, 3.8) is 0 Å². The first-order chi connectivity index (χ1) is 6.75. The monoisotopic (exact) mass is 188 g/mol. The number of nitrogens with two attached hydrogens (primary N) is 1. The Kier molecular flexibility index (Phi) is 2.18. The van der Waals surface area contributed by atoms with Gasteiger partial charge < -0.3 is 10.3 Å². The Morgan fingerprint density at radius 2 is 2.00 bits per heavy atom. The number of aromatic nitrogens is 3. The molecule has 0 aliphatic heterocycles. The summed E-state index contributed by atoms with van der Waals surface area (Å²) in [5.74, 6) is 0. The quantitative estimate of drug-likeness (QED) is 0.721. The smallest absolute Gasteiger partial charge is 0.119 e. The lowest BCUT2D eigenvalue weighted by atomic mass is 10.1. The van der Waals surface area contributed by atoms with Gasteiger partial charge in [0.25, 0.3) is 0 Å². The zero-order chi connectivity index (χ0) is 9.97. The lowest BCUT2D eigenvalue weighted by Crippen LogP contribution is -2.00. The Hall–Kier alpha value is -1.84. The van der Waals surface area contributed by atoms with E-state index in [1.165, 1.54) is 11.1 Å². The largest absolute Gasteiger partial charge is 0.399 e. The number of aryl methyl sites for hydroxylation is 1. The molecule has 1 aromatic heterocycles. The van der Waals surface area contributed by atoms with Crippen LogP contribution in [0.25, 0.3) is 0 Å². The summed E-state index contributed by atoms with van der Waals surface area (Å²) in [6, 6.07) is 5.91. The lowest BCUT2D eigenvalue weighted by molar-refractivity contribution is 0.789. The van der Waals surface area contributed by atoms with E-state index in [2.05, 4.69) is 17.1 Å². The Labute approximate surface area is 82.4 Å². The third kappa shape index (κ3) is 1.74. The van der Waals surface area contributed by atoms with Crippen LogP contribution in [0.2, 0.25) is 0 Å². The first kappa shape index (κ1) is 8.74. The van der Waals surface area contributed by atoms with Gasteiger partial charge in [0.2, 0.25) is 0 Å². The molecule has 14 heavy (non-hydrogen) atoms. The second-order valence-corrected chi connectivity index (χ2v) is 3.32. The van der Waals surface area contributed by atoms with Crippen molar-refractivity contribution < 1.29 is 0 Å². The number of nitrogen functional groups attached to an aromatic ring is 1. The molecule has 0 atom stereocenters. The maximum atomic E-state index is 5.72. The van der Waals surface area contributed by atoms with Crippen LogP contribution in [0.4, 0.5) is 5.69 Å². The van der Waals surface area contributed by atoms with Crippen molar-refractivity contribution in [1.82, 2.24) is 14.8 Å². The Bertz CT molecular complexity index is 420. The maximum absolute atomic E-state index is 5.72. The molecule has 2 N–H and O–H groups in total. The first-order valence-corrected chi connectivity index (χ1v) is 4.43. The zero-order valence-corrected chi connectivity index (χ0v) is 8.01. The summed E-state index contributed by atoms with van der Waals surface area (Å²) in [5.41, 5.74) is 8.93. The molecule has 0 radical (unpaired) electrons. The van der Waals surface area contributed by atoms with E-state index in [1.807, 2.05) is 22.8 Å². The van der Waals surface area contributed by atoms with E-state index in [9.17, 15) is 0 Å². The van der Waals surface area contributed by atoms with Gasteiger partial charge in [0.15, 0.2) is 0 Å². The van der Waals surface area contributed by atoms with E-state index in [4.69, 9.17) is 5.73 Å². The highest BCUT2D eigenvalue weighted by molar-refractivity contribution is 5.44. The molecule has 72 valence electrons. The minimum Gasteiger partial charge on any atom is -0.399 e. The molecule has 0 spiro atoms. The molecular formula is C10H12N4. The number of hydrogen-bond donors (Lipinski definition) is 1. The van der Waals surface area contributed by atoms with Gasteiger partial charge in [0, 0.05) is 5.69 Å². The molecule has 0 unspecified atom stereocenters. The molecule has 1 aromatic carbocycles. The van der Waals surface area contributed by atoms with E-state index >= 15 is 0 Å². The van der Waals surface area contributed by atoms with Crippen LogP contribution in [0.1, 0.15) is 11.1 Å². The van der Waals surface area contributed by atoms with Crippen LogP contribution >= 0.6 is 0 Å². The number of hydrogen-bond acceptors (Lipinski definition) is 3. The van der Waals surface area contributed by atoms with Gasteiger partial charge in [0.1, 0.15) is 12.7 Å². The van der Waals surface area contributed by atoms with Gasteiger partial charge >= 0.3 is 0 Å². The van der Waals surface area contributed by atoms with Gasteiger partial charge in [-0.1, -0.05) is 6.07 Å². The van der Waals surface area contributed by atoms with Crippen LogP contribution in [0, 0.1) is 6.92 Å². The van der Waals surface area contributed by atoms with Crippen LogP contribution in [-0.4, -0.2) is 14.8 Å². The lowest BCUT2D eigenvalue weighted by Gasteiger charge is -2.06. The highest BCUT2D eigenvalue weighted by atomic mass is 15.2. The van der Waals surface area contributed by atoms with Crippen LogP contribution in [0.3, 0.4) is 0 Å². The summed E-state index contributed by atoms with van der Waals surface area (Å²) in [6.07, 6.45) is 3.39. The number of benzene rings is 1. The van der Waals surface area contributed by atoms with E-state index < -0.39 is 0 Å². The summed E-state index contributed by atoms with van der Waals surface area (Å²) < 4.78 is 1.92. The van der Waals surface area contributed by atoms with E-state index in [1.54, 1.807) is 12.7 Å². The van der Waals surface area contributed by atoms with Gasteiger partial charge in [-0.3, -0.25) is 0 Å². The minimum atomic E-state index is 0.768. The predicted molar refractivity (Wildman–Crippen MR) is 54.7 cm³/mol. The van der Waals surface area contributed by atoms with Gasteiger partial charge in [-0.15, -0.1) is 10.2 Å². The molecule has 1 heterocycles. The zero-order valence-electron chi connectivity index (χ0n) is 8.01. The first-order valence-electron chi connectivity index (χ1n) is 4.43.